The van der Waals surface area contributed by atoms with Crippen molar-refractivity contribution < 1.29 is 5.32 Å². The van der Waals surface area contributed by atoms with E-state index < -0.39 is 0 Å². The lowest BCUT2D eigenvalue weighted by molar-refractivity contribution is -0.490. The summed E-state index contributed by atoms with van der Waals surface area (Å²) in [6.45, 7) is 0. The molecule has 2 heteroatoms. The number of pyridine rings is 1. The van der Waals surface area contributed by atoms with Gasteiger partial charge in [-0.05, 0) is 34.9 Å². The highest BCUT2D eigenvalue weighted by Gasteiger charge is 1.99. The van der Waals surface area contributed by atoms with Gasteiger partial charge < -0.3 is 0 Å². The Morgan fingerprint density at radius 3 is 2.41 bits per heavy atom. The van der Waals surface area contributed by atoms with Gasteiger partial charge >= 0.3 is 0 Å². The Labute approximate surface area is 158 Å². The molecule has 0 saturated heterocycles. The first-order valence-electron chi connectivity index (χ1n) is 9.07. The number of allylic oxidation sites excluding steroid dienone is 7. The predicted octanol–water partition coefficient (Wildman–Crippen LogP) is 3.04. The largest absolute Gasteiger partial charge is 0.287 e. The molecule has 0 bridgehead atoms. The van der Waals surface area contributed by atoms with Crippen LogP contribution >= 0.6 is 0 Å². The van der Waals surface area contributed by atoms with Crippen molar-refractivity contribution >= 4 is 29.1 Å². The molecule has 27 heavy (non-hydrogen) atoms. The molecule has 0 spiro atoms. The van der Waals surface area contributed by atoms with Gasteiger partial charge in [0.25, 0.3) is 0 Å². The zero-order valence-electron chi connectivity index (χ0n) is 15.0. The fraction of sp³-hybridized carbons (Fsp3) is 0. The average molecular weight is 349 g/mol. The van der Waals surface area contributed by atoms with Crippen LogP contribution in [-0.2, 0) is 0 Å². The van der Waals surface area contributed by atoms with Crippen molar-refractivity contribution in [1.29, 1.82) is 0 Å². The number of benzene rings is 2. The molecule has 0 atom stereocenters. The van der Waals surface area contributed by atoms with Crippen LogP contribution < -0.4 is 15.8 Å². The van der Waals surface area contributed by atoms with E-state index in [9.17, 15) is 0 Å². The molecule has 0 aliphatic carbocycles. The first-order valence-corrected chi connectivity index (χ1v) is 9.07. The van der Waals surface area contributed by atoms with Crippen molar-refractivity contribution in [2.45, 2.75) is 0 Å². The van der Waals surface area contributed by atoms with Crippen molar-refractivity contribution in [2.75, 3.05) is 0 Å². The van der Waals surface area contributed by atoms with Gasteiger partial charge in [-0.1, -0.05) is 72.8 Å². The minimum absolute atomic E-state index is 0.963. The number of rotatable bonds is 4. The van der Waals surface area contributed by atoms with E-state index in [1.807, 2.05) is 48.7 Å². The molecular weight excluding hydrogens is 328 g/mol. The van der Waals surface area contributed by atoms with Crippen LogP contribution in [0, 0.1) is 0 Å². The van der Waals surface area contributed by atoms with Crippen LogP contribution in [0.15, 0.2) is 103 Å². The summed E-state index contributed by atoms with van der Waals surface area (Å²) < 4.78 is 0. The fourth-order valence-corrected chi connectivity index (χ4v) is 3.02. The number of quaternary nitrogens is 1. The van der Waals surface area contributed by atoms with E-state index in [4.69, 9.17) is 0 Å². The summed E-state index contributed by atoms with van der Waals surface area (Å²) in [5.41, 5.74) is 2.17. The Bertz CT molecular complexity index is 1190. The smallest absolute Gasteiger partial charge is 0.134 e. The summed E-state index contributed by atoms with van der Waals surface area (Å²) >= 11 is 0. The predicted molar refractivity (Wildman–Crippen MR) is 114 cm³/mol. The zero-order valence-corrected chi connectivity index (χ0v) is 15.0. The molecule has 2 aromatic carbocycles. The maximum Gasteiger partial charge on any atom is 0.134 e. The molecular formula is C25H21N2+. The highest BCUT2D eigenvalue weighted by molar-refractivity contribution is 5.83. The summed E-state index contributed by atoms with van der Waals surface area (Å²) in [6.07, 6.45) is 20.6. The van der Waals surface area contributed by atoms with Gasteiger partial charge in [0.15, 0.2) is 0 Å². The number of aromatic nitrogens is 1. The molecule has 130 valence electrons. The van der Waals surface area contributed by atoms with Gasteiger partial charge in [-0.25, -0.2) is 0 Å². The van der Waals surface area contributed by atoms with Gasteiger partial charge in [0.2, 0.25) is 0 Å². The molecule has 0 radical (unpaired) electrons. The minimum Gasteiger partial charge on any atom is -0.287 e. The highest BCUT2D eigenvalue weighted by atomic mass is 14.8. The normalized spacial score (nSPS) is 15.5. The Kier molecular flexibility index (Phi) is 5.19. The molecule has 1 aromatic heterocycles. The molecule has 0 amide bonds. The Morgan fingerprint density at radius 2 is 1.48 bits per heavy atom. The standard InChI is InChI=1S/C25H20N2/c1(2-4-14-24-16-20-10-6-8-12-22(20)18-26-24)3-5-15-25-17-21-11-7-9-13-23(21)19-27-25/h1-19,26H/p+1/b3-1+,4-2+,15-5+,24-14-. The number of nitrogens with two attached hydrogens (primary N) is 1. The summed E-state index contributed by atoms with van der Waals surface area (Å²) in [4.78, 5) is 4.46. The summed E-state index contributed by atoms with van der Waals surface area (Å²) in [5.74, 6) is 0. The molecule has 4 rings (SSSR count). The van der Waals surface area contributed by atoms with Gasteiger partial charge in [0.1, 0.15) is 11.9 Å². The summed E-state index contributed by atoms with van der Waals surface area (Å²) in [6, 6.07) is 18.8. The van der Waals surface area contributed by atoms with Crippen LogP contribution in [-0.4, -0.2) is 4.98 Å². The van der Waals surface area contributed by atoms with E-state index >= 15 is 0 Å². The van der Waals surface area contributed by atoms with Crippen LogP contribution in [0.1, 0.15) is 5.69 Å². The van der Waals surface area contributed by atoms with Crippen LogP contribution in [0.4, 0.5) is 0 Å². The summed E-state index contributed by atoms with van der Waals surface area (Å²) in [7, 11) is 0. The molecule has 1 aliphatic heterocycles. The first-order chi connectivity index (χ1) is 13.4. The van der Waals surface area contributed by atoms with Crippen molar-refractivity contribution in [3.05, 3.63) is 119 Å². The topological polar surface area (TPSA) is 29.5 Å². The molecule has 2 N–H and O–H groups in total. The SMILES string of the molecule is C1=c2ccccc2=C/C(=C/C=C/C=C/C=C/c2cc3ccccc3cn2)[NH2+]1. The Balaban J connectivity index is 1.37. The van der Waals surface area contributed by atoms with E-state index in [1.165, 1.54) is 21.5 Å². The third-order valence-electron chi connectivity index (χ3n) is 4.43. The third kappa shape index (κ3) is 4.38. The second-order valence-electron chi connectivity index (χ2n) is 6.36. The van der Waals surface area contributed by atoms with Crippen molar-refractivity contribution in [2.24, 2.45) is 0 Å². The van der Waals surface area contributed by atoms with Crippen LogP contribution in [0.2, 0.25) is 0 Å². The van der Waals surface area contributed by atoms with Gasteiger partial charge in [0, 0.05) is 22.9 Å². The second-order valence-corrected chi connectivity index (χ2v) is 6.36. The van der Waals surface area contributed by atoms with E-state index in [-0.39, 0.29) is 0 Å². The fourth-order valence-electron chi connectivity index (χ4n) is 3.02. The highest BCUT2D eigenvalue weighted by Crippen LogP contribution is 2.13. The molecule has 0 fully saturated rings. The quantitative estimate of drug-likeness (QED) is 0.721. The lowest BCUT2D eigenvalue weighted by atomic mass is 10.1. The van der Waals surface area contributed by atoms with Gasteiger partial charge in [-0.15, -0.1) is 0 Å². The Hall–Kier alpha value is -3.49. The molecule has 3 aromatic rings. The number of nitrogens with zero attached hydrogens (tertiary/aromatic N) is 1. The van der Waals surface area contributed by atoms with Gasteiger partial charge in [-0.2, -0.15) is 0 Å². The van der Waals surface area contributed by atoms with Gasteiger partial charge in [-0.3, -0.25) is 10.3 Å². The molecule has 0 unspecified atom stereocenters. The van der Waals surface area contributed by atoms with Crippen molar-refractivity contribution in [1.82, 2.24) is 4.98 Å². The monoisotopic (exact) mass is 349 g/mol. The molecule has 0 saturated carbocycles. The second kappa shape index (κ2) is 8.26. The average Bonchev–Trinajstić information content (AvgIpc) is 2.73. The maximum atomic E-state index is 4.46. The number of hydrogen-bond acceptors (Lipinski definition) is 1. The number of hydrogen-bond donors (Lipinski definition) is 1. The number of fused-ring (bicyclic) bond motifs is 2. The van der Waals surface area contributed by atoms with Gasteiger partial charge in [0.05, 0.1) is 5.69 Å². The van der Waals surface area contributed by atoms with Crippen molar-refractivity contribution in [3.63, 3.8) is 0 Å². The van der Waals surface area contributed by atoms with Crippen molar-refractivity contribution in [3.8, 4) is 0 Å². The van der Waals surface area contributed by atoms with E-state index in [2.05, 4.69) is 77.2 Å². The first kappa shape index (κ1) is 17.0. The maximum absolute atomic E-state index is 4.46. The van der Waals surface area contributed by atoms with Crippen LogP contribution in [0.25, 0.3) is 29.1 Å². The molecule has 1 aliphatic rings. The minimum atomic E-state index is 0.963. The molecule has 2 nitrogen and oxygen atoms in total. The third-order valence-corrected chi connectivity index (χ3v) is 4.43. The van der Waals surface area contributed by atoms with Crippen LogP contribution in [0.5, 0.6) is 0 Å². The zero-order chi connectivity index (χ0) is 18.3. The van der Waals surface area contributed by atoms with E-state index in [0.29, 0.717) is 0 Å². The summed E-state index contributed by atoms with van der Waals surface area (Å²) in [5, 5.41) is 7.05. The van der Waals surface area contributed by atoms with Crippen LogP contribution in [0.3, 0.4) is 0 Å². The van der Waals surface area contributed by atoms with E-state index in [0.717, 1.165) is 11.1 Å². The molecule has 2 heterocycles. The Morgan fingerprint density at radius 1 is 0.741 bits per heavy atom. The lowest BCUT2D eigenvalue weighted by Gasteiger charge is -2.00. The lowest BCUT2D eigenvalue weighted by Crippen LogP contribution is -2.77. The van der Waals surface area contributed by atoms with E-state index in [1.54, 1.807) is 0 Å².